The number of methoxy groups -OCH3 is 1. The topological polar surface area (TPSA) is 36.0 Å². The van der Waals surface area contributed by atoms with Crippen LogP contribution in [0.3, 0.4) is 0 Å². The van der Waals surface area contributed by atoms with E-state index in [4.69, 9.17) is 4.74 Å². The number of likely N-dealkylation sites (N-methyl/N-ethyl adjacent to an activating group) is 1. The SMILES string of the molecule is COCCN1CCN(CC(=O)N(C)Cc2cccs2)CC1. The van der Waals surface area contributed by atoms with E-state index in [-0.39, 0.29) is 5.91 Å². The van der Waals surface area contributed by atoms with Gasteiger partial charge in [-0.15, -0.1) is 11.3 Å². The largest absolute Gasteiger partial charge is 0.383 e. The molecule has 0 N–H and O–H groups in total. The first-order valence-electron chi connectivity index (χ1n) is 7.39. The van der Waals surface area contributed by atoms with E-state index in [1.54, 1.807) is 18.4 Å². The summed E-state index contributed by atoms with van der Waals surface area (Å²) < 4.78 is 5.10. The summed E-state index contributed by atoms with van der Waals surface area (Å²) in [6.07, 6.45) is 0. The Balaban J connectivity index is 1.69. The summed E-state index contributed by atoms with van der Waals surface area (Å²) in [5.74, 6) is 0.203. The first kappa shape index (κ1) is 16.4. The van der Waals surface area contributed by atoms with Gasteiger partial charge in [0.2, 0.25) is 5.91 Å². The average molecular weight is 311 g/mol. The fourth-order valence-electron chi connectivity index (χ4n) is 2.43. The summed E-state index contributed by atoms with van der Waals surface area (Å²) in [5, 5.41) is 2.05. The Labute approximate surface area is 131 Å². The van der Waals surface area contributed by atoms with E-state index in [2.05, 4.69) is 15.9 Å². The molecule has 0 spiro atoms. The number of piperazine rings is 1. The molecule has 1 aliphatic rings. The highest BCUT2D eigenvalue weighted by atomic mass is 32.1. The zero-order valence-corrected chi connectivity index (χ0v) is 13.8. The Hall–Kier alpha value is -0.950. The Morgan fingerprint density at radius 1 is 1.33 bits per heavy atom. The van der Waals surface area contributed by atoms with E-state index < -0.39 is 0 Å². The normalized spacial score (nSPS) is 17.0. The van der Waals surface area contributed by atoms with Crippen LogP contribution < -0.4 is 0 Å². The molecule has 0 aromatic carbocycles. The minimum Gasteiger partial charge on any atom is -0.383 e. The zero-order valence-electron chi connectivity index (χ0n) is 13.0. The molecule has 0 radical (unpaired) electrons. The molecular weight excluding hydrogens is 286 g/mol. The second-order valence-electron chi connectivity index (χ2n) is 5.44. The van der Waals surface area contributed by atoms with Gasteiger partial charge in [0.15, 0.2) is 0 Å². The van der Waals surface area contributed by atoms with Gasteiger partial charge in [0.1, 0.15) is 0 Å². The van der Waals surface area contributed by atoms with Crippen molar-refractivity contribution in [3.05, 3.63) is 22.4 Å². The fourth-order valence-corrected chi connectivity index (χ4v) is 3.19. The Bertz CT molecular complexity index is 417. The predicted molar refractivity (Wildman–Crippen MR) is 85.5 cm³/mol. The minimum absolute atomic E-state index is 0.203. The van der Waals surface area contributed by atoms with Crippen LogP contribution in [-0.4, -0.2) is 80.6 Å². The maximum Gasteiger partial charge on any atom is 0.236 e. The van der Waals surface area contributed by atoms with Crippen LogP contribution in [0, 0.1) is 0 Å². The zero-order chi connectivity index (χ0) is 15.1. The van der Waals surface area contributed by atoms with Gasteiger partial charge in [0.05, 0.1) is 19.7 Å². The number of ether oxygens (including phenoxy) is 1. The molecule has 0 aliphatic carbocycles. The molecule has 118 valence electrons. The lowest BCUT2D eigenvalue weighted by Crippen LogP contribution is -2.50. The third-order valence-electron chi connectivity index (χ3n) is 3.83. The molecule has 0 unspecified atom stereocenters. The van der Waals surface area contributed by atoms with Gasteiger partial charge in [0, 0.05) is 51.8 Å². The van der Waals surface area contributed by atoms with Crippen LogP contribution in [0.5, 0.6) is 0 Å². The van der Waals surface area contributed by atoms with Gasteiger partial charge in [-0.3, -0.25) is 14.6 Å². The summed E-state index contributed by atoms with van der Waals surface area (Å²) in [5.41, 5.74) is 0. The number of nitrogens with zero attached hydrogens (tertiary/aromatic N) is 3. The van der Waals surface area contributed by atoms with Crippen LogP contribution in [0.4, 0.5) is 0 Å². The van der Waals surface area contributed by atoms with E-state index in [1.165, 1.54) is 4.88 Å². The second-order valence-corrected chi connectivity index (χ2v) is 6.47. The average Bonchev–Trinajstić information content (AvgIpc) is 2.99. The molecule has 1 aromatic rings. The van der Waals surface area contributed by atoms with Crippen molar-refractivity contribution in [1.82, 2.24) is 14.7 Å². The molecular formula is C15H25N3O2S. The first-order chi connectivity index (χ1) is 10.2. The van der Waals surface area contributed by atoms with E-state index in [0.717, 1.165) is 39.3 Å². The number of carbonyl (C=O) groups is 1. The number of thiophene rings is 1. The third-order valence-corrected chi connectivity index (χ3v) is 4.70. The summed E-state index contributed by atoms with van der Waals surface area (Å²) in [4.78, 5) is 19.9. The number of rotatable bonds is 7. The highest BCUT2D eigenvalue weighted by Crippen LogP contribution is 2.11. The van der Waals surface area contributed by atoms with Crippen LogP contribution in [0.25, 0.3) is 0 Å². The van der Waals surface area contributed by atoms with Gasteiger partial charge >= 0.3 is 0 Å². The smallest absolute Gasteiger partial charge is 0.236 e. The molecule has 1 fully saturated rings. The van der Waals surface area contributed by atoms with Crippen LogP contribution >= 0.6 is 11.3 Å². The second kappa shape index (κ2) is 8.48. The van der Waals surface area contributed by atoms with Gasteiger partial charge in [-0.2, -0.15) is 0 Å². The molecule has 2 heterocycles. The lowest BCUT2D eigenvalue weighted by atomic mass is 10.3. The summed E-state index contributed by atoms with van der Waals surface area (Å²) in [7, 11) is 3.62. The standard InChI is InChI=1S/C15H25N3O2S/c1-16(12-14-4-3-11-21-14)15(19)13-18-7-5-17(6-8-18)9-10-20-2/h3-4,11H,5-10,12-13H2,1-2H3. The first-order valence-corrected chi connectivity index (χ1v) is 8.27. The maximum absolute atomic E-state index is 12.2. The van der Waals surface area contributed by atoms with E-state index in [1.807, 2.05) is 23.4 Å². The highest BCUT2D eigenvalue weighted by molar-refractivity contribution is 7.09. The van der Waals surface area contributed by atoms with Crippen LogP contribution in [0.1, 0.15) is 4.88 Å². The molecule has 1 aromatic heterocycles. The van der Waals surface area contributed by atoms with Crippen LogP contribution in [0.15, 0.2) is 17.5 Å². The van der Waals surface area contributed by atoms with Crippen LogP contribution in [-0.2, 0) is 16.1 Å². The monoisotopic (exact) mass is 311 g/mol. The van der Waals surface area contributed by atoms with Crippen molar-refractivity contribution in [1.29, 1.82) is 0 Å². The Morgan fingerprint density at radius 2 is 2.05 bits per heavy atom. The van der Waals surface area contributed by atoms with Gasteiger partial charge in [-0.05, 0) is 11.4 Å². The molecule has 5 nitrogen and oxygen atoms in total. The molecule has 1 amide bonds. The molecule has 6 heteroatoms. The Morgan fingerprint density at radius 3 is 2.67 bits per heavy atom. The number of hydrogen-bond donors (Lipinski definition) is 0. The molecule has 1 saturated heterocycles. The maximum atomic E-state index is 12.2. The molecule has 21 heavy (non-hydrogen) atoms. The molecule has 1 aliphatic heterocycles. The van der Waals surface area contributed by atoms with Crippen molar-refractivity contribution >= 4 is 17.2 Å². The number of carbonyl (C=O) groups excluding carboxylic acids is 1. The van der Waals surface area contributed by atoms with Crippen molar-refractivity contribution in [2.45, 2.75) is 6.54 Å². The van der Waals surface area contributed by atoms with Crippen LogP contribution in [0.2, 0.25) is 0 Å². The van der Waals surface area contributed by atoms with Crippen molar-refractivity contribution < 1.29 is 9.53 Å². The van der Waals surface area contributed by atoms with Crippen molar-refractivity contribution in [3.63, 3.8) is 0 Å². The summed E-state index contributed by atoms with van der Waals surface area (Å²) in [6, 6.07) is 4.10. The molecule has 0 saturated carbocycles. The molecule has 2 rings (SSSR count). The van der Waals surface area contributed by atoms with Crippen molar-refractivity contribution in [3.8, 4) is 0 Å². The van der Waals surface area contributed by atoms with E-state index in [0.29, 0.717) is 13.1 Å². The number of hydrogen-bond acceptors (Lipinski definition) is 5. The lowest BCUT2D eigenvalue weighted by Gasteiger charge is -2.34. The lowest BCUT2D eigenvalue weighted by molar-refractivity contribution is -0.132. The van der Waals surface area contributed by atoms with E-state index in [9.17, 15) is 4.79 Å². The van der Waals surface area contributed by atoms with Gasteiger partial charge in [-0.25, -0.2) is 0 Å². The van der Waals surface area contributed by atoms with Gasteiger partial charge in [-0.1, -0.05) is 6.07 Å². The Kier molecular flexibility index (Phi) is 6.63. The molecule has 0 atom stereocenters. The minimum atomic E-state index is 0.203. The van der Waals surface area contributed by atoms with E-state index >= 15 is 0 Å². The van der Waals surface area contributed by atoms with Crippen molar-refractivity contribution in [2.75, 3.05) is 60.0 Å². The molecule has 0 bridgehead atoms. The fraction of sp³-hybridized carbons (Fsp3) is 0.667. The third kappa shape index (κ3) is 5.39. The van der Waals surface area contributed by atoms with Gasteiger partial charge < -0.3 is 9.64 Å². The highest BCUT2D eigenvalue weighted by Gasteiger charge is 2.20. The quantitative estimate of drug-likeness (QED) is 0.752. The number of amides is 1. The summed E-state index contributed by atoms with van der Waals surface area (Å²) >= 11 is 1.70. The predicted octanol–water partition coefficient (Wildman–Crippen LogP) is 0.971. The van der Waals surface area contributed by atoms with Gasteiger partial charge in [0.25, 0.3) is 0 Å². The summed E-state index contributed by atoms with van der Waals surface area (Å²) in [6.45, 7) is 6.96. The van der Waals surface area contributed by atoms with Crippen molar-refractivity contribution in [2.24, 2.45) is 0 Å².